The highest BCUT2D eigenvalue weighted by Crippen LogP contribution is 2.16. The van der Waals surface area contributed by atoms with Crippen LogP contribution in [-0.4, -0.2) is 0 Å². The molecule has 5 heteroatoms. The maximum absolute atomic E-state index is 6.07. The summed E-state index contributed by atoms with van der Waals surface area (Å²) in [5.41, 5.74) is 2.20. The smallest absolute Gasteiger partial charge is 0.0450 e. The third kappa shape index (κ3) is 6.16. The summed E-state index contributed by atoms with van der Waals surface area (Å²) < 4.78 is 0. The van der Waals surface area contributed by atoms with Crippen LogP contribution in [0.1, 0.15) is 11.1 Å². The molecule has 19 heavy (non-hydrogen) atoms. The van der Waals surface area contributed by atoms with Crippen LogP contribution in [0, 0.1) is 0 Å². The number of hydrogen-bond donors (Lipinski definition) is 1. The number of halogens is 4. The van der Waals surface area contributed by atoms with Crippen molar-refractivity contribution in [3.63, 3.8) is 0 Å². The second-order valence-corrected chi connectivity index (χ2v) is 4.60. The molecule has 2 aromatic rings. The normalized spacial score (nSPS) is 9.37. The predicted molar refractivity (Wildman–Crippen MR) is 104 cm³/mol. The van der Waals surface area contributed by atoms with Crippen LogP contribution in [0.15, 0.2) is 48.5 Å². The van der Waals surface area contributed by atoms with Gasteiger partial charge in [0.1, 0.15) is 0 Å². The van der Waals surface area contributed by atoms with Crippen LogP contribution in [0.25, 0.3) is 0 Å². The molecule has 0 aliphatic carbocycles. The first kappa shape index (κ1) is 19.4. The summed E-state index contributed by atoms with van der Waals surface area (Å²) in [5, 5.41) is 4.91. The molecule has 0 aromatic heterocycles. The lowest BCUT2D eigenvalue weighted by Crippen LogP contribution is -2.13. The van der Waals surface area contributed by atoms with Crippen molar-refractivity contribution in [2.24, 2.45) is 0 Å². The third-order valence-corrected chi connectivity index (χ3v) is 3.28. The van der Waals surface area contributed by atoms with Crippen molar-refractivity contribution in [1.29, 1.82) is 0 Å². The van der Waals surface area contributed by atoms with Crippen LogP contribution in [0.3, 0.4) is 0 Å². The third-order valence-electron chi connectivity index (χ3n) is 2.55. The molecule has 0 saturated heterocycles. The molecule has 0 aliphatic rings. The highest BCUT2D eigenvalue weighted by Gasteiger charge is 2.00. The fourth-order valence-electron chi connectivity index (χ4n) is 1.62. The maximum atomic E-state index is 6.07. The molecular formula is C14H15Cl2I2N. The van der Waals surface area contributed by atoms with E-state index in [4.69, 9.17) is 23.2 Å². The highest BCUT2D eigenvalue weighted by molar-refractivity contribution is 14.0. The van der Waals surface area contributed by atoms with Crippen molar-refractivity contribution >= 4 is 71.2 Å². The van der Waals surface area contributed by atoms with Gasteiger partial charge in [-0.2, -0.15) is 0 Å². The van der Waals surface area contributed by atoms with E-state index in [0.29, 0.717) is 0 Å². The molecule has 104 valence electrons. The zero-order valence-electron chi connectivity index (χ0n) is 10.1. The van der Waals surface area contributed by atoms with E-state index >= 15 is 0 Å². The van der Waals surface area contributed by atoms with Gasteiger partial charge < -0.3 is 5.32 Å². The van der Waals surface area contributed by atoms with E-state index in [1.165, 1.54) is 0 Å². The van der Waals surface area contributed by atoms with Crippen LogP contribution < -0.4 is 5.32 Å². The fourth-order valence-corrected chi connectivity index (χ4v) is 2.02. The molecule has 0 amide bonds. The largest absolute Gasteiger partial charge is 0.309 e. The first-order valence-electron chi connectivity index (χ1n) is 5.45. The van der Waals surface area contributed by atoms with Crippen LogP contribution >= 0.6 is 71.2 Å². The van der Waals surface area contributed by atoms with Crippen molar-refractivity contribution in [2.45, 2.75) is 13.1 Å². The molecule has 0 bridgehead atoms. The second kappa shape index (κ2) is 10.2. The summed E-state index contributed by atoms with van der Waals surface area (Å²) in [6.07, 6.45) is 0. The molecule has 0 atom stereocenters. The Kier molecular flexibility index (Phi) is 10.4. The number of benzene rings is 2. The van der Waals surface area contributed by atoms with Gasteiger partial charge in [0.15, 0.2) is 0 Å². The summed E-state index contributed by atoms with van der Waals surface area (Å²) in [4.78, 5) is 0. The van der Waals surface area contributed by atoms with Gasteiger partial charge in [0.2, 0.25) is 0 Å². The Bertz CT molecular complexity index is 461. The molecule has 2 aromatic carbocycles. The zero-order chi connectivity index (χ0) is 12.1. The Morgan fingerprint density at radius 2 is 1.05 bits per heavy atom. The first-order valence-corrected chi connectivity index (χ1v) is 6.20. The van der Waals surface area contributed by atoms with Crippen LogP contribution in [0.5, 0.6) is 0 Å². The summed E-state index contributed by atoms with van der Waals surface area (Å²) in [5.74, 6) is 0. The molecular weight excluding hydrogens is 507 g/mol. The van der Waals surface area contributed by atoms with Crippen molar-refractivity contribution in [1.82, 2.24) is 5.32 Å². The van der Waals surface area contributed by atoms with E-state index < -0.39 is 0 Å². The van der Waals surface area contributed by atoms with E-state index in [1.807, 2.05) is 48.5 Å². The average Bonchev–Trinajstić information content (AvgIpc) is 2.34. The Balaban J connectivity index is 0.00000162. The highest BCUT2D eigenvalue weighted by atomic mass is 127. The monoisotopic (exact) mass is 521 g/mol. The lowest BCUT2D eigenvalue weighted by Gasteiger charge is -2.07. The molecule has 1 N–H and O–H groups in total. The topological polar surface area (TPSA) is 12.0 Å². The maximum Gasteiger partial charge on any atom is 0.0450 e. The Hall–Kier alpha value is 0.440. The Labute approximate surface area is 158 Å². The summed E-state index contributed by atoms with van der Waals surface area (Å²) >= 11 is 12.1. The summed E-state index contributed by atoms with van der Waals surface area (Å²) in [6.45, 7) is 1.48. The van der Waals surface area contributed by atoms with Gasteiger partial charge in [-0.25, -0.2) is 0 Å². The minimum atomic E-state index is 0. The number of nitrogens with one attached hydrogen (secondary N) is 1. The Morgan fingerprint density at radius 3 is 1.42 bits per heavy atom. The van der Waals surface area contributed by atoms with Gasteiger partial charge in [0.05, 0.1) is 0 Å². The lowest BCUT2D eigenvalue weighted by molar-refractivity contribution is 0.693. The molecule has 0 radical (unpaired) electrons. The summed E-state index contributed by atoms with van der Waals surface area (Å²) in [7, 11) is 0. The molecule has 0 unspecified atom stereocenters. The molecule has 0 heterocycles. The zero-order valence-corrected chi connectivity index (χ0v) is 16.3. The average molecular weight is 522 g/mol. The van der Waals surface area contributed by atoms with Gasteiger partial charge in [0, 0.05) is 23.1 Å². The molecule has 0 spiro atoms. The molecule has 0 saturated carbocycles. The second-order valence-electron chi connectivity index (χ2n) is 3.79. The first-order chi connectivity index (χ1) is 8.27. The van der Waals surface area contributed by atoms with Crippen LogP contribution in [0.4, 0.5) is 0 Å². The van der Waals surface area contributed by atoms with E-state index in [2.05, 4.69) is 5.32 Å². The van der Waals surface area contributed by atoms with E-state index in [-0.39, 0.29) is 48.0 Å². The molecule has 0 fully saturated rings. The van der Waals surface area contributed by atoms with Crippen molar-refractivity contribution in [3.8, 4) is 0 Å². The van der Waals surface area contributed by atoms with Gasteiger partial charge >= 0.3 is 0 Å². The Morgan fingerprint density at radius 1 is 0.684 bits per heavy atom. The van der Waals surface area contributed by atoms with Crippen molar-refractivity contribution < 1.29 is 0 Å². The van der Waals surface area contributed by atoms with Gasteiger partial charge in [-0.1, -0.05) is 59.6 Å². The fraction of sp³-hybridized carbons (Fsp3) is 0.143. The van der Waals surface area contributed by atoms with E-state index in [0.717, 1.165) is 34.3 Å². The quantitative estimate of drug-likeness (QED) is 0.523. The summed E-state index contributed by atoms with van der Waals surface area (Å²) in [6, 6.07) is 15.7. The van der Waals surface area contributed by atoms with E-state index in [9.17, 15) is 0 Å². The van der Waals surface area contributed by atoms with Gasteiger partial charge in [0.25, 0.3) is 0 Å². The van der Waals surface area contributed by atoms with Crippen LogP contribution in [0.2, 0.25) is 10.0 Å². The number of hydrogen-bond acceptors (Lipinski definition) is 1. The molecule has 0 aliphatic heterocycles. The van der Waals surface area contributed by atoms with E-state index in [1.54, 1.807) is 0 Å². The van der Waals surface area contributed by atoms with Crippen molar-refractivity contribution in [2.75, 3.05) is 0 Å². The van der Waals surface area contributed by atoms with Gasteiger partial charge in [-0.3, -0.25) is 0 Å². The predicted octanol–water partition coefficient (Wildman–Crippen LogP) is 5.52. The van der Waals surface area contributed by atoms with Gasteiger partial charge in [-0.15, -0.1) is 48.0 Å². The van der Waals surface area contributed by atoms with Crippen molar-refractivity contribution in [3.05, 3.63) is 69.7 Å². The SMILES string of the molecule is Clc1ccccc1CNCc1ccccc1Cl.I.I. The van der Waals surface area contributed by atoms with Crippen LogP contribution in [-0.2, 0) is 13.1 Å². The minimum Gasteiger partial charge on any atom is -0.309 e. The van der Waals surface area contributed by atoms with Gasteiger partial charge in [-0.05, 0) is 23.3 Å². The lowest BCUT2D eigenvalue weighted by atomic mass is 10.2. The standard InChI is InChI=1S/C14H13Cl2N.2HI/c15-13-7-3-1-5-11(13)9-17-10-12-6-2-4-8-14(12)16;;/h1-8,17H,9-10H2;2*1H. The molecule has 1 nitrogen and oxygen atoms in total. The minimum absolute atomic E-state index is 0. The molecule has 2 rings (SSSR count). The number of rotatable bonds is 4.